The lowest BCUT2D eigenvalue weighted by Gasteiger charge is -2.11. The van der Waals surface area contributed by atoms with Crippen molar-refractivity contribution in [2.45, 2.75) is 20.3 Å². The third-order valence-corrected chi connectivity index (χ3v) is 2.70. The minimum Gasteiger partial charge on any atom is -0.493 e. The van der Waals surface area contributed by atoms with Gasteiger partial charge in [-0.15, -0.1) is 0 Å². The van der Waals surface area contributed by atoms with Crippen molar-refractivity contribution in [1.82, 2.24) is 15.0 Å². The highest BCUT2D eigenvalue weighted by Crippen LogP contribution is 2.28. The first-order chi connectivity index (χ1) is 10.3. The molecule has 0 spiro atoms. The number of rotatable bonds is 7. The van der Waals surface area contributed by atoms with E-state index in [-0.39, 0.29) is 0 Å². The second-order valence-electron chi connectivity index (χ2n) is 4.29. The summed E-state index contributed by atoms with van der Waals surface area (Å²) < 4.78 is 11.1. The Kier molecular flexibility index (Phi) is 5.31. The molecule has 0 saturated heterocycles. The lowest BCUT2D eigenvalue weighted by atomic mass is 10.2. The van der Waals surface area contributed by atoms with Gasteiger partial charge in [0.05, 0.1) is 18.8 Å². The number of anilines is 1. The first-order valence-electron chi connectivity index (χ1n) is 7.07. The van der Waals surface area contributed by atoms with E-state index in [1.54, 1.807) is 7.05 Å². The fourth-order valence-electron chi connectivity index (χ4n) is 1.78. The minimum atomic E-state index is 0.317. The van der Waals surface area contributed by atoms with Crippen molar-refractivity contribution in [2.75, 3.05) is 25.6 Å². The topological polar surface area (TPSA) is 69.2 Å². The summed E-state index contributed by atoms with van der Waals surface area (Å²) in [4.78, 5) is 12.9. The van der Waals surface area contributed by atoms with Crippen LogP contribution >= 0.6 is 0 Å². The van der Waals surface area contributed by atoms with Gasteiger partial charge in [0.25, 0.3) is 0 Å². The average Bonchev–Trinajstić information content (AvgIpc) is 2.53. The Morgan fingerprint density at radius 3 is 2.57 bits per heavy atom. The largest absolute Gasteiger partial charge is 0.493 e. The Labute approximate surface area is 124 Å². The molecule has 0 aliphatic carbocycles. The summed E-state index contributed by atoms with van der Waals surface area (Å²) in [6.07, 6.45) is 0.894. The highest BCUT2D eigenvalue weighted by atomic mass is 16.5. The molecule has 6 heteroatoms. The predicted octanol–water partition coefficient (Wildman–Crippen LogP) is 2.77. The molecule has 2 rings (SSSR count). The van der Waals surface area contributed by atoms with Gasteiger partial charge in [0.2, 0.25) is 5.95 Å². The molecule has 1 aromatic carbocycles. The monoisotopic (exact) mass is 288 g/mol. The summed E-state index contributed by atoms with van der Waals surface area (Å²) >= 11 is 0. The molecule has 1 heterocycles. The molecule has 0 atom stereocenters. The molecule has 2 aromatic rings. The van der Waals surface area contributed by atoms with Crippen molar-refractivity contribution in [3.63, 3.8) is 0 Å². The van der Waals surface area contributed by atoms with E-state index in [9.17, 15) is 0 Å². The van der Waals surface area contributed by atoms with Gasteiger partial charge >= 0.3 is 6.01 Å². The fourth-order valence-corrected chi connectivity index (χ4v) is 1.78. The number of hydrogen-bond acceptors (Lipinski definition) is 6. The highest BCUT2D eigenvalue weighted by Gasteiger charge is 2.12. The third-order valence-electron chi connectivity index (χ3n) is 2.70. The molecule has 0 amide bonds. The highest BCUT2D eigenvalue weighted by molar-refractivity contribution is 5.64. The molecule has 0 bridgehead atoms. The SMILES string of the molecule is CCCOc1nc(NC)nc(-c2ccccc2OCC)n1. The number of hydrogen-bond donors (Lipinski definition) is 1. The zero-order valence-electron chi connectivity index (χ0n) is 12.6. The standard InChI is InChI=1S/C15H20N4O2/c1-4-10-21-15-18-13(17-14(16-3)19-15)11-8-6-7-9-12(11)20-5-2/h6-9H,4-5,10H2,1-3H3,(H,16,17,18,19). The van der Waals surface area contributed by atoms with Gasteiger partial charge in [0.15, 0.2) is 5.82 Å². The summed E-state index contributed by atoms with van der Waals surface area (Å²) in [5.41, 5.74) is 0.819. The van der Waals surface area contributed by atoms with Crippen molar-refractivity contribution in [1.29, 1.82) is 0 Å². The van der Waals surface area contributed by atoms with Gasteiger partial charge in [-0.25, -0.2) is 0 Å². The van der Waals surface area contributed by atoms with Gasteiger partial charge in [0, 0.05) is 7.05 Å². The fraction of sp³-hybridized carbons (Fsp3) is 0.400. The number of para-hydroxylation sites is 1. The van der Waals surface area contributed by atoms with Crippen LogP contribution in [0.4, 0.5) is 5.95 Å². The first-order valence-corrected chi connectivity index (χ1v) is 7.07. The molecule has 112 valence electrons. The molecule has 0 radical (unpaired) electrons. The van der Waals surface area contributed by atoms with E-state index < -0.39 is 0 Å². The molecule has 0 saturated carbocycles. The molecule has 6 nitrogen and oxygen atoms in total. The maximum Gasteiger partial charge on any atom is 0.321 e. The summed E-state index contributed by atoms with van der Waals surface area (Å²) in [7, 11) is 1.76. The van der Waals surface area contributed by atoms with E-state index in [4.69, 9.17) is 9.47 Å². The maximum absolute atomic E-state index is 5.62. The second-order valence-corrected chi connectivity index (χ2v) is 4.29. The average molecular weight is 288 g/mol. The Bertz CT molecular complexity index is 590. The van der Waals surface area contributed by atoms with E-state index in [0.717, 1.165) is 17.7 Å². The lowest BCUT2D eigenvalue weighted by molar-refractivity contribution is 0.292. The first kappa shape index (κ1) is 15.0. The molecule has 0 unspecified atom stereocenters. The van der Waals surface area contributed by atoms with Crippen LogP contribution in [0.3, 0.4) is 0 Å². The van der Waals surface area contributed by atoms with E-state index in [1.807, 2.05) is 38.1 Å². The minimum absolute atomic E-state index is 0.317. The number of aromatic nitrogens is 3. The van der Waals surface area contributed by atoms with Crippen LogP contribution in [0.2, 0.25) is 0 Å². The Morgan fingerprint density at radius 1 is 1.05 bits per heavy atom. The van der Waals surface area contributed by atoms with Crippen molar-refractivity contribution in [3.05, 3.63) is 24.3 Å². The Hall–Kier alpha value is -2.37. The van der Waals surface area contributed by atoms with Crippen molar-refractivity contribution in [3.8, 4) is 23.1 Å². The Balaban J connectivity index is 2.42. The van der Waals surface area contributed by atoms with Crippen molar-refractivity contribution >= 4 is 5.95 Å². The van der Waals surface area contributed by atoms with Crippen LogP contribution in [0.5, 0.6) is 11.8 Å². The van der Waals surface area contributed by atoms with Crippen LogP contribution in [0.1, 0.15) is 20.3 Å². The number of nitrogens with one attached hydrogen (secondary N) is 1. The van der Waals surface area contributed by atoms with Gasteiger partial charge in [0.1, 0.15) is 5.75 Å². The quantitative estimate of drug-likeness (QED) is 0.845. The van der Waals surface area contributed by atoms with Crippen molar-refractivity contribution in [2.24, 2.45) is 0 Å². The molecule has 21 heavy (non-hydrogen) atoms. The molecule has 0 fully saturated rings. The van der Waals surface area contributed by atoms with Crippen LogP contribution < -0.4 is 14.8 Å². The molecular weight excluding hydrogens is 268 g/mol. The van der Waals surface area contributed by atoms with Gasteiger partial charge < -0.3 is 14.8 Å². The van der Waals surface area contributed by atoms with E-state index in [1.165, 1.54) is 0 Å². The van der Waals surface area contributed by atoms with Crippen LogP contribution in [0, 0.1) is 0 Å². The second kappa shape index (κ2) is 7.42. The van der Waals surface area contributed by atoms with Crippen LogP contribution in [-0.2, 0) is 0 Å². The normalized spacial score (nSPS) is 10.2. The molecule has 1 aromatic heterocycles. The van der Waals surface area contributed by atoms with Crippen molar-refractivity contribution < 1.29 is 9.47 Å². The Morgan fingerprint density at radius 2 is 1.86 bits per heavy atom. The number of benzene rings is 1. The zero-order chi connectivity index (χ0) is 15.1. The molecule has 0 aliphatic heterocycles. The van der Waals surface area contributed by atoms with E-state index in [0.29, 0.717) is 31.0 Å². The summed E-state index contributed by atoms with van der Waals surface area (Å²) in [6.45, 7) is 5.13. The number of nitrogens with zero attached hydrogens (tertiary/aromatic N) is 3. The van der Waals surface area contributed by atoms with Gasteiger partial charge in [-0.2, -0.15) is 15.0 Å². The molecule has 1 N–H and O–H groups in total. The summed E-state index contributed by atoms with van der Waals surface area (Å²) in [6, 6.07) is 7.98. The maximum atomic E-state index is 5.62. The van der Waals surface area contributed by atoms with Crippen LogP contribution in [0.15, 0.2) is 24.3 Å². The van der Waals surface area contributed by atoms with Crippen LogP contribution in [-0.4, -0.2) is 35.2 Å². The molecular formula is C15H20N4O2. The number of ether oxygens (including phenoxy) is 2. The van der Waals surface area contributed by atoms with Crippen LogP contribution in [0.25, 0.3) is 11.4 Å². The molecule has 0 aliphatic rings. The smallest absolute Gasteiger partial charge is 0.321 e. The van der Waals surface area contributed by atoms with E-state index in [2.05, 4.69) is 20.3 Å². The van der Waals surface area contributed by atoms with Gasteiger partial charge in [-0.1, -0.05) is 19.1 Å². The summed E-state index contributed by atoms with van der Waals surface area (Å²) in [5.74, 6) is 1.75. The van der Waals surface area contributed by atoms with Gasteiger partial charge in [-0.3, -0.25) is 0 Å². The van der Waals surface area contributed by atoms with Gasteiger partial charge in [-0.05, 0) is 25.5 Å². The summed E-state index contributed by atoms with van der Waals surface area (Å²) in [5, 5.41) is 2.92. The third kappa shape index (κ3) is 3.81. The lowest BCUT2D eigenvalue weighted by Crippen LogP contribution is -2.06. The van der Waals surface area contributed by atoms with E-state index >= 15 is 0 Å². The zero-order valence-corrected chi connectivity index (χ0v) is 12.6. The predicted molar refractivity (Wildman–Crippen MR) is 81.8 cm³/mol.